The molecule has 0 atom stereocenters. The normalized spacial score (nSPS) is 15.9. The lowest BCUT2D eigenvalue weighted by Crippen LogP contribution is -2.31. The Labute approximate surface area is 121 Å². The van der Waals surface area contributed by atoms with Gasteiger partial charge < -0.3 is 11.1 Å². The molecule has 20 heavy (non-hydrogen) atoms. The zero-order valence-corrected chi connectivity index (χ0v) is 11.6. The molecular weight excluding hydrogens is 276 g/mol. The highest BCUT2D eigenvalue weighted by atomic mass is 35.5. The van der Waals surface area contributed by atoms with Gasteiger partial charge in [-0.15, -0.1) is 0 Å². The maximum Gasteiger partial charge on any atom is 0.231 e. The van der Waals surface area contributed by atoms with Gasteiger partial charge in [-0.25, -0.2) is 4.68 Å². The fourth-order valence-corrected chi connectivity index (χ4v) is 2.32. The minimum atomic E-state index is -0.399. The van der Waals surface area contributed by atoms with Crippen LogP contribution in [0.25, 0.3) is 5.69 Å². The van der Waals surface area contributed by atoms with Crippen LogP contribution in [0, 0.1) is 5.41 Å². The van der Waals surface area contributed by atoms with Gasteiger partial charge in [0, 0.05) is 24.0 Å². The topological polar surface area (TPSA) is 72.9 Å². The van der Waals surface area contributed by atoms with Gasteiger partial charge >= 0.3 is 0 Å². The van der Waals surface area contributed by atoms with Crippen molar-refractivity contribution in [1.82, 2.24) is 9.78 Å². The van der Waals surface area contributed by atoms with Crippen molar-refractivity contribution in [3.8, 4) is 5.69 Å². The number of anilines is 1. The molecule has 1 aromatic carbocycles. The lowest BCUT2D eigenvalue weighted by atomic mass is 10.1. The highest BCUT2D eigenvalue weighted by Crippen LogP contribution is 2.45. The fraction of sp³-hybridized carbons (Fsp3) is 0.286. The maximum atomic E-state index is 12.3. The predicted octanol–water partition coefficient (Wildman–Crippen LogP) is 2.20. The number of nitrogens with one attached hydrogen (secondary N) is 1. The van der Waals surface area contributed by atoms with E-state index < -0.39 is 5.41 Å². The summed E-state index contributed by atoms with van der Waals surface area (Å²) in [7, 11) is 0. The highest BCUT2D eigenvalue weighted by Gasteiger charge is 2.48. The van der Waals surface area contributed by atoms with Crippen LogP contribution in [0.15, 0.2) is 36.7 Å². The zero-order chi connectivity index (χ0) is 14.2. The van der Waals surface area contributed by atoms with Gasteiger partial charge in [0.1, 0.15) is 0 Å². The largest absolute Gasteiger partial charge is 0.329 e. The Morgan fingerprint density at radius 1 is 1.50 bits per heavy atom. The molecule has 0 radical (unpaired) electrons. The minimum absolute atomic E-state index is 0.0457. The molecule has 3 rings (SSSR count). The van der Waals surface area contributed by atoms with Gasteiger partial charge in [0.15, 0.2) is 0 Å². The van der Waals surface area contributed by atoms with Gasteiger partial charge in [-0.1, -0.05) is 11.6 Å². The molecule has 0 aliphatic heterocycles. The molecule has 5 nitrogen and oxygen atoms in total. The van der Waals surface area contributed by atoms with Gasteiger partial charge in [0.25, 0.3) is 0 Å². The number of benzene rings is 1. The highest BCUT2D eigenvalue weighted by molar-refractivity contribution is 6.31. The molecule has 3 N–H and O–H groups in total. The number of nitrogens with two attached hydrogens (primary N) is 1. The van der Waals surface area contributed by atoms with Crippen molar-refractivity contribution in [2.45, 2.75) is 12.8 Å². The average Bonchev–Trinajstić information content (AvgIpc) is 3.07. The average molecular weight is 291 g/mol. The molecule has 1 aromatic heterocycles. The van der Waals surface area contributed by atoms with Crippen LogP contribution in [0.1, 0.15) is 12.8 Å². The Bertz CT molecular complexity index is 635. The third-order valence-corrected chi connectivity index (χ3v) is 3.92. The summed E-state index contributed by atoms with van der Waals surface area (Å²) >= 11 is 6.02. The summed E-state index contributed by atoms with van der Waals surface area (Å²) in [4.78, 5) is 12.3. The second kappa shape index (κ2) is 4.92. The number of aromatic nitrogens is 2. The smallest absolute Gasteiger partial charge is 0.231 e. The third-order valence-electron chi connectivity index (χ3n) is 3.68. The summed E-state index contributed by atoms with van der Waals surface area (Å²) < 4.78 is 1.69. The number of amides is 1. The van der Waals surface area contributed by atoms with Crippen LogP contribution in [-0.2, 0) is 4.79 Å². The second-order valence-electron chi connectivity index (χ2n) is 5.05. The Balaban J connectivity index is 1.92. The Kier molecular flexibility index (Phi) is 3.23. The summed E-state index contributed by atoms with van der Waals surface area (Å²) in [6, 6.07) is 7.14. The van der Waals surface area contributed by atoms with E-state index in [1.807, 2.05) is 18.3 Å². The van der Waals surface area contributed by atoms with Crippen molar-refractivity contribution in [1.29, 1.82) is 0 Å². The first-order valence-electron chi connectivity index (χ1n) is 6.46. The van der Waals surface area contributed by atoms with Gasteiger partial charge in [-0.2, -0.15) is 5.10 Å². The molecule has 0 unspecified atom stereocenters. The number of hydrogen-bond donors (Lipinski definition) is 2. The van der Waals surface area contributed by atoms with Crippen molar-refractivity contribution in [2.75, 3.05) is 11.9 Å². The standard InChI is InChI=1S/C14H15ClN4O/c15-10-2-3-12(19-7-1-6-17-19)11(8-10)18-13(20)14(9-16)4-5-14/h1-3,6-8H,4-5,9,16H2,(H,18,20). The summed E-state index contributed by atoms with van der Waals surface area (Å²) in [5, 5.41) is 7.67. The number of rotatable bonds is 4. The fourth-order valence-electron chi connectivity index (χ4n) is 2.15. The Morgan fingerprint density at radius 2 is 2.30 bits per heavy atom. The van der Waals surface area contributed by atoms with E-state index in [9.17, 15) is 4.79 Å². The van der Waals surface area contributed by atoms with Crippen LogP contribution in [0.3, 0.4) is 0 Å². The number of nitrogens with zero attached hydrogens (tertiary/aromatic N) is 2. The monoisotopic (exact) mass is 290 g/mol. The molecule has 104 valence electrons. The van der Waals surface area contributed by atoms with E-state index in [-0.39, 0.29) is 5.91 Å². The molecule has 6 heteroatoms. The van der Waals surface area contributed by atoms with Crippen LogP contribution in [0.2, 0.25) is 5.02 Å². The van der Waals surface area contributed by atoms with Crippen LogP contribution in [-0.4, -0.2) is 22.2 Å². The van der Waals surface area contributed by atoms with E-state index in [1.54, 1.807) is 23.0 Å². The van der Waals surface area contributed by atoms with Crippen molar-refractivity contribution < 1.29 is 4.79 Å². The van der Waals surface area contributed by atoms with Crippen molar-refractivity contribution in [2.24, 2.45) is 11.1 Å². The van der Waals surface area contributed by atoms with E-state index in [4.69, 9.17) is 17.3 Å². The lowest BCUT2D eigenvalue weighted by molar-refractivity contribution is -0.120. The van der Waals surface area contributed by atoms with Gasteiger partial charge in [-0.3, -0.25) is 4.79 Å². The van der Waals surface area contributed by atoms with Crippen molar-refractivity contribution in [3.05, 3.63) is 41.7 Å². The van der Waals surface area contributed by atoms with Crippen LogP contribution in [0.5, 0.6) is 0 Å². The van der Waals surface area contributed by atoms with Crippen LogP contribution in [0.4, 0.5) is 5.69 Å². The minimum Gasteiger partial charge on any atom is -0.329 e. The SMILES string of the molecule is NCC1(C(=O)Nc2cc(Cl)ccc2-n2cccn2)CC1. The third kappa shape index (κ3) is 2.30. The number of hydrogen-bond acceptors (Lipinski definition) is 3. The first kappa shape index (κ1) is 13.1. The van der Waals surface area contributed by atoms with Crippen LogP contribution >= 0.6 is 11.6 Å². The second-order valence-corrected chi connectivity index (χ2v) is 5.49. The number of carbonyl (C=O) groups excluding carboxylic acids is 1. The van der Waals surface area contributed by atoms with E-state index in [0.29, 0.717) is 17.3 Å². The number of halogens is 1. The number of carbonyl (C=O) groups is 1. The van der Waals surface area contributed by atoms with Gasteiger partial charge in [-0.05, 0) is 37.1 Å². The van der Waals surface area contributed by atoms with Gasteiger partial charge in [0.05, 0.1) is 16.8 Å². The molecule has 1 fully saturated rings. The van der Waals surface area contributed by atoms with Crippen molar-refractivity contribution >= 4 is 23.2 Å². The van der Waals surface area contributed by atoms with Gasteiger partial charge in [0.2, 0.25) is 5.91 Å². The Hall–Kier alpha value is -1.85. The van der Waals surface area contributed by atoms with Crippen molar-refractivity contribution in [3.63, 3.8) is 0 Å². The predicted molar refractivity (Wildman–Crippen MR) is 77.9 cm³/mol. The lowest BCUT2D eigenvalue weighted by Gasteiger charge is -2.16. The first-order chi connectivity index (χ1) is 9.64. The molecule has 1 aliphatic carbocycles. The molecule has 2 aromatic rings. The van der Waals surface area contributed by atoms with E-state index in [1.165, 1.54) is 0 Å². The Morgan fingerprint density at radius 3 is 2.90 bits per heavy atom. The molecule has 1 amide bonds. The molecule has 0 spiro atoms. The summed E-state index contributed by atoms with van der Waals surface area (Å²) in [5.74, 6) is -0.0457. The summed E-state index contributed by atoms with van der Waals surface area (Å²) in [6.07, 6.45) is 5.18. The molecule has 0 bridgehead atoms. The quantitative estimate of drug-likeness (QED) is 0.907. The molecular formula is C14H15ClN4O. The summed E-state index contributed by atoms with van der Waals surface area (Å²) in [6.45, 7) is 0.372. The van der Waals surface area contributed by atoms with E-state index in [2.05, 4.69) is 10.4 Å². The maximum absolute atomic E-state index is 12.3. The zero-order valence-electron chi connectivity index (χ0n) is 10.8. The van der Waals surface area contributed by atoms with E-state index >= 15 is 0 Å². The molecule has 0 saturated heterocycles. The molecule has 1 heterocycles. The van der Waals surface area contributed by atoms with E-state index in [0.717, 1.165) is 18.5 Å². The first-order valence-corrected chi connectivity index (χ1v) is 6.83. The molecule has 1 saturated carbocycles. The summed E-state index contributed by atoms with van der Waals surface area (Å²) in [5.41, 5.74) is 6.71. The molecule has 1 aliphatic rings. The van der Waals surface area contributed by atoms with Crippen LogP contribution < -0.4 is 11.1 Å².